The number of fused-ring (bicyclic) bond motifs is 1. The summed E-state index contributed by atoms with van der Waals surface area (Å²) in [5.41, 5.74) is 7.49. The number of anilines is 1. The van der Waals surface area contributed by atoms with Gasteiger partial charge < -0.3 is 10.5 Å². The second kappa shape index (κ2) is 3.21. The molecule has 0 radical (unpaired) electrons. The van der Waals surface area contributed by atoms with Crippen LogP contribution in [-0.2, 0) is 6.54 Å². The fourth-order valence-electron chi connectivity index (χ4n) is 1.56. The highest BCUT2D eigenvalue weighted by atomic mass is 16.5. The summed E-state index contributed by atoms with van der Waals surface area (Å²) in [5, 5.41) is 5.27. The van der Waals surface area contributed by atoms with E-state index in [0.717, 1.165) is 23.1 Å². The fraction of sp³-hybridized carbons (Fsp3) is 0.300. The molecule has 74 valence electrons. The zero-order valence-corrected chi connectivity index (χ0v) is 8.32. The molecule has 0 aliphatic heterocycles. The normalized spacial score (nSPS) is 10.7. The van der Waals surface area contributed by atoms with Crippen molar-refractivity contribution in [2.24, 2.45) is 0 Å². The monoisotopic (exact) mass is 191 g/mol. The van der Waals surface area contributed by atoms with Gasteiger partial charge in [0.1, 0.15) is 0 Å². The molecule has 0 aliphatic rings. The molecule has 0 amide bonds. The van der Waals surface area contributed by atoms with Crippen molar-refractivity contribution in [2.75, 3.05) is 12.8 Å². The maximum Gasteiger partial charge on any atom is 0.240 e. The van der Waals surface area contributed by atoms with Crippen LogP contribution in [0.25, 0.3) is 10.9 Å². The molecule has 0 unspecified atom stereocenters. The summed E-state index contributed by atoms with van der Waals surface area (Å²) in [4.78, 5) is 0. The van der Waals surface area contributed by atoms with Crippen LogP contribution in [0.5, 0.6) is 5.88 Å². The molecule has 2 rings (SSSR count). The van der Waals surface area contributed by atoms with Gasteiger partial charge in [0.15, 0.2) is 0 Å². The van der Waals surface area contributed by atoms with E-state index < -0.39 is 0 Å². The van der Waals surface area contributed by atoms with Gasteiger partial charge in [-0.05, 0) is 25.1 Å². The van der Waals surface area contributed by atoms with Gasteiger partial charge in [-0.15, -0.1) is 5.10 Å². The Labute approximate surface area is 82.3 Å². The molecule has 4 heteroatoms. The first kappa shape index (κ1) is 8.87. The van der Waals surface area contributed by atoms with Gasteiger partial charge in [-0.25, -0.2) is 0 Å². The van der Waals surface area contributed by atoms with Crippen molar-refractivity contribution in [3.63, 3.8) is 0 Å². The Hall–Kier alpha value is -1.71. The average molecular weight is 191 g/mol. The molecule has 0 bridgehead atoms. The van der Waals surface area contributed by atoms with Gasteiger partial charge in [-0.2, -0.15) is 0 Å². The number of nitrogens with two attached hydrogens (primary N) is 1. The van der Waals surface area contributed by atoms with E-state index in [1.807, 2.05) is 29.8 Å². The van der Waals surface area contributed by atoms with Crippen LogP contribution in [-0.4, -0.2) is 16.9 Å². The molecule has 2 N–H and O–H groups in total. The van der Waals surface area contributed by atoms with Gasteiger partial charge in [0.25, 0.3) is 0 Å². The van der Waals surface area contributed by atoms with E-state index >= 15 is 0 Å². The fourth-order valence-corrected chi connectivity index (χ4v) is 1.56. The van der Waals surface area contributed by atoms with Crippen LogP contribution >= 0.6 is 0 Å². The van der Waals surface area contributed by atoms with Gasteiger partial charge in [0.05, 0.1) is 18.0 Å². The maximum atomic E-state index is 5.71. The second-order valence-corrected chi connectivity index (χ2v) is 3.10. The predicted octanol–water partition coefficient (Wildman–Crippen LogP) is 1.65. The molecular weight excluding hydrogens is 178 g/mol. The SMILES string of the molecule is CCn1nc(OC)c2cc(N)ccc21. The number of aryl methyl sites for hydroxylation is 1. The first-order chi connectivity index (χ1) is 6.76. The summed E-state index contributed by atoms with van der Waals surface area (Å²) >= 11 is 0. The quantitative estimate of drug-likeness (QED) is 0.734. The van der Waals surface area contributed by atoms with Crippen molar-refractivity contribution in [3.8, 4) is 5.88 Å². The molecular formula is C10H13N3O. The Morgan fingerprint density at radius 3 is 2.93 bits per heavy atom. The number of benzene rings is 1. The molecule has 0 saturated heterocycles. The number of methoxy groups -OCH3 is 1. The topological polar surface area (TPSA) is 53.1 Å². The Balaban J connectivity index is 2.75. The van der Waals surface area contributed by atoms with E-state index in [1.54, 1.807) is 7.11 Å². The number of nitrogens with zero attached hydrogens (tertiary/aromatic N) is 2. The lowest BCUT2D eigenvalue weighted by atomic mass is 10.2. The lowest BCUT2D eigenvalue weighted by molar-refractivity contribution is 0.393. The van der Waals surface area contributed by atoms with Crippen molar-refractivity contribution in [1.82, 2.24) is 9.78 Å². The van der Waals surface area contributed by atoms with E-state index in [2.05, 4.69) is 5.10 Å². The number of rotatable bonds is 2. The summed E-state index contributed by atoms with van der Waals surface area (Å²) in [6, 6.07) is 5.71. The van der Waals surface area contributed by atoms with Crippen LogP contribution in [0.1, 0.15) is 6.92 Å². The number of hydrogen-bond acceptors (Lipinski definition) is 3. The third kappa shape index (κ3) is 1.19. The number of nitrogen functional groups attached to an aromatic ring is 1. The van der Waals surface area contributed by atoms with E-state index in [0.29, 0.717) is 5.88 Å². The molecule has 0 spiro atoms. The van der Waals surface area contributed by atoms with Gasteiger partial charge in [-0.1, -0.05) is 0 Å². The third-order valence-electron chi connectivity index (χ3n) is 2.23. The first-order valence-electron chi connectivity index (χ1n) is 4.56. The molecule has 2 aromatic rings. The molecule has 0 saturated carbocycles. The van der Waals surface area contributed by atoms with E-state index in [4.69, 9.17) is 10.5 Å². The maximum absolute atomic E-state index is 5.71. The van der Waals surface area contributed by atoms with Crippen molar-refractivity contribution in [2.45, 2.75) is 13.5 Å². The predicted molar refractivity (Wildman–Crippen MR) is 56.4 cm³/mol. The summed E-state index contributed by atoms with van der Waals surface area (Å²) in [7, 11) is 1.62. The first-order valence-corrected chi connectivity index (χ1v) is 4.56. The van der Waals surface area contributed by atoms with Crippen molar-refractivity contribution in [3.05, 3.63) is 18.2 Å². The van der Waals surface area contributed by atoms with E-state index in [1.165, 1.54) is 0 Å². The molecule has 0 aliphatic carbocycles. The second-order valence-electron chi connectivity index (χ2n) is 3.10. The number of ether oxygens (including phenoxy) is 1. The van der Waals surface area contributed by atoms with Crippen LogP contribution in [0, 0.1) is 0 Å². The largest absolute Gasteiger partial charge is 0.479 e. The summed E-state index contributed by atoms with van der Waals surface area (Å²) in [5.74, 6) is 0.633. The van der Waals surface area contributed by atoms with E-state index in [9.17, 15) is 0 Å². The van der Waals surface area contributed by atoms with Crippen molar-refractivity contribution >= 4 is 16.6 Å². The molecule has 1 aromatic heterocycles. The minimum absolute atomic E-state index is 0.633. The summed E-state index contributed by atoms with van der Waals surface area (Å²) in [6.07, 6.45) is 0. The van der Waals surface area contributed by atoms with Crippen LogP contribution in [0.4, 0.5) is 5.69 Å². The average Bonchev–Trinajstić information content (AvgIpc) is 2.55. The smallest absolute Gasteiger partial charge is 0.240 e. The zero-order valence-electron chi connectivity index (χ0n) is 8.32. The minimum atomic E-state index is 0.633. The highest BCUT2D eigenvalue weighted by molar-refractivity contribution is 5.87. The van der Waals surface area contributed by atoms with Crippen LogP contribution < -0.4 is 10.5 Å². The third-order valence-corrected chi connectivity index (χ3v) is 2.23. The van der Waals surface area contributed by atoms with Crippen molar-refractivity contribution in [1.29, 1.82) is 0 Å². The van der Waals surface area contributed by atoms with Gasteiger partial charge in [0.2, 0.25) is 5.88 Å². The van der Waals surface area contributed by atoms with Crippen LogP contribution in [0.15, 0.2) is 18.2 Å². The lowest BCUT2D eigenvalue weighted by Crippen LogP contribution is -1.96. The van der Waals surface area contributed by atoms with Gasteiger partial charge >= 0.3 is 0 Å². The van der Waals surface area contributed by atoms with Gasteiger partial charge in [-0.3, -0.25) is 4.68 Å². The highest BCUT2D eigenvalue weighted by Gasteiger charge is 2.09. The molecule has 1 heterocycles. The minimum Gasteiger partial charge on any atom is -0.479 e. The molecule has 0 atom stereocenters. The standard InChI is InChI=1S/C10H13N3O/c1-3-13-9-5-4-7(11)6-8(9)10(12-13)14-2/h4-6H,3,11H2,1-2H3. The Morgan fingerprint density at radius 1 is 1.50 bits per heavy atom. The Bertz CT molecular complexity index is 462. The lowest BCUT2D eigenvalue weighted by Gasteiger charge is -1.97. The molecule has 0 fully saturated rings. The number of aromatic nitrogens is 2. The zero-order chi connectivity index (χ0) is 10.1. The van der Waals surface area contributed by atoms with Crippen LogP contribution in [0.2, 0.25) is 0 Å². The summed E-state index contributed by atoms with van der Waals surface area (Å²) < 4.78 is 7.07. The van der Waals surface area contributed by atoms with Crippen LogP contribution in [0.3, 0.4) is 0 Å². The Kier molecular flexibility index (Phi) is 2.04. The van der Waals surface area contributed by atoms with E-state index in [-0.39, 0.29) is 0 Å². The summed E-state index contributed by atoms with van der Waals surface area (Å²) in [6.45, 7) is 2.87. The highest BCUT2D eigenvalue weighted by Crippen LogP contribution is 2.26. The van der Waals surface area contributed by atoms with Gasteiger partial charge in [0, 0.05) is 12.2 Å². The molecule has 14 heavy (non-hydrogen) atoms. The number of hydrogen-bond donors (Lipinski definition) is 1. The molecule has 4 nitrogen and oxygen atoms in total. The van der Waals surface area contributed by atoms with Crippen molar-refractivity contribution < 1.29 is 4.74 Å². The Morgan fingerprint density at radius 2 is 2.29 bits per heavy atom. The molecule has 1 aromatic carbocycles.